The van der Waals surface area contributed by atoms with Crippen molar-refractivity contribution in [3.8, 4) is 0 Å². The minimum atomic E-state index is -0.746. The predicted molar refractivity (Wildman–Crippen MR) is 150 cm³/mol. The summed E-state index contributed by atoms with van der Waals surface area (Å²) in [7, 11) is 0. The first-order chi connectivity index (χ1) is 17.6. The van der Waals surface area contributed by atoms with Crippen LogP contribution in [-0.4, -0.2) is 28.6 Å². The van der Waals surface area contributed by atoms with Gasteiger partial charge in [0.05, 0.1) is 18.1 Å². The minimum Gasteiger partial charge on any atom is -0.433 e. The molecule has 0 aromatic rings. The average Bonchev–Trinajstić information content (AvgIpc) is 3.07. The maximum absolute atomic E-state index is 13.6. The molecule has 6 fully saturated rings. The summed E-state index contributed by atoms with van der Waals surface area (Å²) in [5, 5.41) is 11.0. The molecule has 1 saturated heterocycles. The van der Waals surface area contributed by atoms with Crippen LogP contribution < -0.4 is 0 Å². The molecule has 1 N–H and O–H groups in total. The summed E-state index contributed by atoms with van der Waals surface area (Å²) in [6, 6.07) is 0. The van der Waals surface area contributed by atoms with Crippen molar-refractivity contribution in [3.05, 3.63) is 0 Å². The van der Waals surface area contributed by atoms with Crippen molar-refractivity contribution in [3.63, 3.8) is 0 Å². The first-order valence-electron chi connectivity index (χ1n) is 16.2. The molecule has 0 aromatic heterocycles. The van der Waals surface area contributed by atoms with Crippen LogP contribution in [0.2, 0.25) is 0 Å². The highest BCUT2D eigenvalue weighted by Gasteiger charge is 2.73. The van der Waals surface area contributed by atoms with Gasteiger partial charge >= 0.3 is 5.97 Å². The van der Waals surface area contributed by atoms with Gasteiger partial charge in [0, 0.05) is 17.8 Å². The molecule has 11 atom stereocenters. The monoisotopic (exact) mass is 528 g/mol. The molecular weight excluding hydrogens is 472 g/mol. The number of carbonyl (C=O) groups is 1. The zero-order chi connectivity index (χ0) is 27.5. The summed E-state index contributed by atoms with van der Waals surface area (Å²) in [5.74, 6) is 2.30. The third-order valence-electron chi connectivity index (χ3n) is 14.5. The standard InChI is InChI=1S/C34H56O4/c1-21(2)23-10-9-22(3)19-34(23)37-28(36)20-33(38-34)18-13-26-31(7)15-11-24-29(4,5)27(35)14-16-30(24,6)25(31)12-17-32(26,33)8/h21-27,35H,9-20H2,1-8H3/t22-,23+,24-,25+,26-,27-,30-,31+,32-,33-,34-/m1/s1. The van der Waals surface area contributed by atoms with Crippen LogP contribution in [0, 0.1) is 57.2 Å². The van der Waals surface area contributed by atoms with E-state index in [-0.39, 0.29) is 39.7 Å². The molecule has 1 aliphatic heterocycles. The molecule has 6 aliphatic rings. The minimum absolute atomic E-state index is 0.000198. The largest absolute Gasteiger partial charge is 0.433 e. The van der Waals surface area contributed by atoms with Gasteiger partial charge in [-0.05, 0) is 110 Å². The molecule has 0 unspecified atom stereocenters. The molecule has 38 heavy (non-hydrogen) atoms. The molecule has 4 heteroatoms. The molecular formula is C34H56O4. The fourth-order valence-corrected chi connectivity index (χ4v) is 12.7. The van der Waals surface area contributed by atoms with Gasteiger partial charge in [-0.25, -0.2) is 0 Å². The first kappa shape index (κ1) is 27.6. The molecule has 5 aliphatic carbocycles. The van der Waals surface area contributed by atoms with Crippen molar-refractivity contribution in [2.75, 3.05) is 0 Å². The van der Waals surface area contributed by atoms with Gasteiger partial charge in [-0.3, -0.25) is 4.79 Å². The highest BCUT2D eigenvalue weighted by atomic mass is 16.7. The lowest BCUT2D eigenvalue weighted by Crippen LogP contribution is -2.67. The Hall–Kier alpha value is -0.610. The van der Waals surface area contributed by atoms with E-state index in [1.54, 1.807) is 0 Å². The van der Waals surface area contributed by atoms with E-state index >= 15 is 0 Å². The SMILES string of the molecule is CC(C)[C@@H]1CC[C@@H](C)C[C@]12OC(=O)C[C@@]1(CC[C@@H]3[C@@]4(C)CC[C@@H]5C(C)(C)[C@H](O)CC[C@@]5(C)[C@@H]4CC[C@]31C)O2. The number of fused-ring (bicyclic) bond motifs is 6. The third kappa shape index (κ3) is 3.43. The first-order valence-corrected chi connectivity index (χ1v) is 16.2. The quantitative estimate of drug-likeness (QED) is 0.351. The van der Waals surface area contributed by atoms with Crippen LogP contribution in [0.5, 0.6) is 0 Å². The number of hydrogen-bond acceptors (Lipinski definition) is 4. The van der Waals surface area contributed by atoms with Gasteiger partial charge in [-0.2, -0.15) is 0 Å². The number of hydrogen-bond donors (Lipinski definition) is 1. The van der Waals surface area contributed by atoms with Crippen LogP contribution in [0.25, 0.3) is 0 Å². The Morgan fingerprint density at radius 3 is 2.16 bits per heavy atom. The lowest BCUT2D eigenvalue weighted by atomic mass is 9.36. The molecule has 0 radical (unpaired) electrons. The molecule has 5 saturated carbocycles. The van der Waals surface area contributed by atoms with Crippen molar-refractivity contribution in [2.45, 2.75) is 150 Å². The lowest BCUT2D eigenvalue weighted by molar-refractivity contribution is -0.365. The lowest BCUT2D eigenvalue weighted by Gasteiger charge is -2.69. The van der Waals surface area contributed by atoms with Crippen molar-refractivity contribution in [1.82, 2.24) is 0 Å². The van der Waals surface area contributed by atoms with Crippen molar-refractivity contribution >= 4 is 5.97 Å². The summed E-state index contributed by atoms with van der Waals surface area (Å²) in [4.78, 5) is 13.6. The van der Waals surface area contributed by atoms with Gasteiger partial charge in [0.1, 0.15) is 0 Å². The summed E-state index contributed by atoms with van der Waals surface area (Å²) in [6.07, 6.45) is 12.5. The topological polar surface area (TPSA) is 55.8 Å². The van der Waals surface area contributed by atoms with Gasteiger partial charge in [0.15, 0.2) is 0 Å². The van der Waals surface area contributed by atoms with E-state index < -0.39 is 11.4 Å². The Bertz CT molecular complexity index is 974. The van der Waals surface area contributed by atoms with E-state index in [9.17, 15) is 9.90 Å². The summed E-state index contributed by atoms with van der Waals surface area (Å²) in [6.45, 7) is 19.3. The zero-order valence-corrected chi connectivity index (χ0v) is 25.7. The van der Waals surface area contributed by atoms with Gasteiger partial charge in [-0.15, -0.1) is 0 Å². The summed E-state index contributed by atoms with van der Waals surface area (Å²) < 4.78 is 13.8. The second-order valence-corrected chi connectivity index (χ2v) is 16.9. The second-order valence-electron chi connectivity index (χ2n) is 16.9. The molecule has 216 valence electrons. The van der Waals surface area contributed by atoms with Gasteiger partial charge in [0.2, 0.25) is 5.79 Å². The van der Waals surface area contributed by atoms with Crippen LogP contribution in [0.4, 0.5) is 0 Å². The van der Waals surface area contributed by atoms with Gasteiger partial charge < -0.3 is 14.6 Å². The molecule has 4 nitrogen and oxygen atoms in total. The van der Waals surface area contributed by atoms with E-state index in [0.717, 1.165) is 38.5 Å². The third-order valence-corrected chi connectivity index (χ3v) is 14.5. The number of ether oxygens (including phenoxy) is 2. The van der Waals surface area contributed by atoms with E-state index in [2.05, 4.69) is 55.4 Å². The van der Waals surface area contributed by atoms with Crippen molar-refractivity contribution in [2.24, 2.45) is 57.2 Å². The second kappa shape index (κ2) is 8.46. The van der Waals surface area contributed by atoms with E-state index in [0.29, 0.717) is 36.0 Å². The molecule has 0 bridgehead atoms. The number of aliphatic hydroxyl groups is 1. The molecule has 0 amide bonds. The molecule has 1 heterocycles. The summed E-state index contributed by atoms with van der Waals surface area (Å²) >= 11 is 0. The smallest absolute Gasteiger partial charge is 0.311 e. The van der Waals surface area contributed by atoms with Crippen LogP contribution in [0.3, 0.4) is 0 Å². The molecule has 6 rings (SSSR count). The Kier molecular flexibility index (Phi) is 6.14. The molecule has 2 spiro atoms. The van der Waals surface area contributed by atoms with Gasteiger partial charge in [-0.1, -0.05) is 55.4 Å². The number of aliphatic hydroxyl groups excluding tert-OH is 1. The zero-order valence-electron chi connectivity index (χ0n) is 25.7. The van der Waals surface area contributed by atoms with Crippen LogP contribution in [0.1, 0.15) is 132 Å². The highest BCUT2D eigenvalue weighted by Crippen LogP contribution is 2.76. The average molecular weight is 529 g/mol. The maximum Gasteiger partial charge on any atom is 0.311 e. The van der Waals surface area contributed by atoms with Crippen molar-refractivity contribution < 1.29 is 19.4 Å². The maximum atomic E-state index is 13.6. The Labute approximate surface area is 232 Å². The van der Waals surface area contributed by atoms with E-state index in [1.807, 2.05) is 0 Å². The van der Waals surface area contributed by atoms with Gasteiger partial charge in [0.25, 0.3) is 0 Å². The Morgan fingerprint density at radius 2 is 1.45 bits per heavy atom. The highest BCUT2D eigenvalue weighted by molar-refractivity contribution is 5.72. The predicted octanol–water partition coefficient (Wildman–Crippen LogP) is 7.91. The van der Waals surface area contributed by atoms with Crippen LogP contribution >= 0.6 is 0 Å². The van der Waals surface area contributed by atoms with Crippen molar-refractivity contribution in [1.29, 1.82) is 0 Å². The number of rotatable bonds is 1. The number of carbonyl (C=O) groups excluding carboxylic acids is 1. The normalized spacial score (nSPS) is 55.9. The van der Waals surface area contributed by atoms with Crippen LogP contribution in [0.15, 0.2) is 0 Å². The summed E-state index contributed by atoms with van der Waals surface area (Å²) in [5.41, 5.74) is 0.125. The van der Waals surface area contributed by atoms with Crippen LogP contribution in [-0.2, 0) is 14.3 Å². The van der Waals surface area contributed by atoms with E-state index in [4.69, 9.17) is 9.47 Å². The fourth-order valence-electron chi connectivity index (χ4n) is 12.7. The Morgan fingerprint density at radius 1 is 0.816 bits per heavy atom. The number of esters is 1. The fraction of sp³-hybridized carbons (Fsp3) is 0.971. The Balaban J connectivity index is 1.36. The molecule has 0 aromatic carbocycles. The van der Waals surface area contributed by atoms with E-state index in [1.165, 1.54) is 32.1 Å².